The van der Waals surface area contributed by atoms with Crippen LogP contribution < -0.4 is 0 Å². The summed E-state index contributed by atoms with van der Waals surface area (Å²) in [5.74, 6) is 0.571. The van der Waals surface area contributed by atoms with Crippen molar-refractivity contribution in [1.29, 1.82) is 0 Å². The lowest BCUT2D eigenvalue weighted by Gasteiger charge is -2.29. The molecule has 142 valence electrons. The zero-order valence-electron chi connectivity index (χ0n) is 15.4. The molecule has 1 aromatic heterocycles. The number of rotatable bonds is 6. The number of carbonyl (C=O) groups is 1. The Morgan fingerprint density at radius 1 is 1.31 bits per heavy atom. The van der Waals surface area contributed by atoms with Gasteiger partial charge in [-0.25, -0.2) is 0 Å². The predicted molar refractivity (Wildman–Crippen MR) is 91.5 cm³/mol. The fourth-order valence-electron chi connectivity index (χ4n) is 3.06. The molecule has 1 heterocycles. The molecular formula is C19H23F3N2O2. The van der Waals surface area contributed by atoms with E-state index in [-0.39, 0.29) is 12.3 Å². The first-order chi connectivity index (χ1) is 12.1. The summed E-state index contributed by atoms with van der Waals surface area (Å²) < 4.78 is 43.9. The number of alkyl halides is 3. The Hall–Kier alpha value is -2.31. The van der Waals surface area contributed by atoms with Crippen LogP contribution in [0.5, 0.6) is 0 Å². The fourth-order valence-corrected chi connectivity index (χ4v) is 3.06. The van der Waals surface area contributed by atoms with E-state index in [1.807, 2.05) is 13.8 Å². The quantitative estimate of drug-likeness (QED) is 0.732. The third kappa shape index (κ3) is 4.45. The molecule has 2 rings (SSSR count). The van der Waals surface area contributed by atoms with E-state index in [0.29, 0.717) is 24.3 Å². The summed E-state index contributed by atoms with van der Waals surface area (Å²) in [5, 5.41) is 3.87. The van der Waals surface area contributed by atoms with Gasteiger partial charge in [0.1, 0.15) is 5.76 Å². The van der Waals surface area contributed by atoms with Crippen molar-refractivity contribution in [2.45, 2.75) is 52.8 Å². The SMILES string of the molecule is CCN(C(=O)CCc1c(C)noc1C)C(C)c1cccc(C(F)(F)F)c1. The Bertz CT molecular complexity index is 749. The number of hydrogen-bond donors (Lipinski definition) is 0. The lowest BCUT2D eigenvalue weighted by atomic mass is 10.0. The van der Waals surface area contributed by atoms with Gasteiger partial charge in [0, 0.05) is 18.5 Å². The van der Waals surface area contributed by atoms with E-state index in [1.165, 1.54) is 6.07 Å². The zero-order chi connectivity index (χ0) is 19.5. The van der Waals surface area contributed by atoms with Crippen molar-refractivity contribution < 1.29 is 22.5 Å². The summed E-state index contributed by atoms with van der Waals surface area (Å²) in [6, 6.07) is 4.68. The molecule has 26 heavy (non-hydrogen) atoms. The summed E-state index contributed by atoms with van der Waals surface area (Å²) >= 11 is 0. The Labute approximate surface area is 151 Å². The van der Waals surface area contributed by atoms with Gasteiger partial charge in [0.05, 0.1) is 17.3 Å². The summed E-state index contributed by atoms with van der Waals surface area (Å²) in [6.07, 6.45) is -3.66. The maximum atomic E-state index is 12.9. The molecule has 0 radical (unpaired) electrons. The highest BCUT2D eigenvalue weighted by atomic mass is 19.4. The van der Waals surface area contributed by atoms with Gasteiger partial charge >= 0.3 is 6.18 Å². The number of aromatic nitrogens is 1. The topological polar surface area (TPSA) is 46.3 Å². The van der Waals surface area contributed by atoms with Crippen molar-refractivity contribution in [1.82, 2.24) is 10.1 Å². The Kier molecular flexibility index (Phi) is 6.10. The van der Waals surface area contributed by atoms with Crippen molar-refractivity contribution in [2.75, 3.05) is 6.54 Å². The molecule has 0 aliphatic carbocycles. The highest BCUT2D eigenvalue weighted by molar-refractivity contribution is 5.77. The summed E-state index contributed by atoms with van der Waals surface area (Å²) in [4.78, 5) is 14.2. The van der Waals surface area contributed by atoms with E-state index in [0.717, 1.165) is 23.4 Å². The minimum atomic E-state index is -4.40. The molecule has 0 fully saturated rings. The van der Waals surface area contributed by atoms with E-state index >= 15 is 0 Å². The summed E-state index contributed by atoms with van der Waals surface area (Å²) in [7, 11) is 0. The molecule has 1 amide bonds. The molecule has 0 N–H and O–H groups in total. The minimum absolute atomic E-state index is 0.114. The fraction of sp³-hybridized carbons (Fsp3) is 0.474. The summed E-state index contributed by atoms with van der Waals surface area (Å²) in [6.45, 7) is 7.59. The molecule has 7 heteroatoms. The van der Waals surface area contributed by atoms with Crippen LogP contribution in [0.1, 0.15) is 54.5 Å². The molecule has 0 spiro atoms. The zero-order valence-corrected chi connectivity index (χ0v) is 15.4. The van der Waals surface area contributed by atoms with E-state index < -0.39 is 17.8 Å². The molecule has 0 aliphatic heterocycles. The van der Waals surface area contributed by atoms with Gasteiger partial charge in [-0.3, -0.25) is 4.79 Å². The predicted octanol–water partition coefficient (Wildman–Crippen LogP) is 4.85. The van der Waals surface area contributed by atoms with E-state index in [9.17, 15) is 18.0 Å². The highest BCUT2D eigenvalue weighted by Gasteiger charge is 2.31. The smallest absolute Gasteiger partial charge is 0.361 e. The molecule has 0 saturated carbocycles. The third-order valence-electron chi connectivity index (χ3n) is 4.59. The highest BCUT2D eigenvalue weighted by Crippen LogP contribution is 2.32. The van der Waals surface area contributed by atoms with Gasteiger partial charge < -0.3 is 9.42 Å². The average Bonchev–Trinajstić information content (AvgIpc) is 2.91. The number of aryl methyl sites for hydroxylation is 2. The molecular weight excluding hydrogens is 345 g/mol. The molecule has 1 atom stereocenters. The number of benzene rings is 1. The van der Waals surface area contributed by atoms with Gasteiger partial charge in [-0.05, 0) is 51.8 Å². The second-order valence-corrected chi connectivity index (χ2v) is 6.28. The number of halogens is 3. The minimum Gasteiger partial charge on any atom is -0.361 e. The van der Waals surface area contributed by atoms with Crippen LogP contribution in [0.4, 0.5) is 13.2 Å². The number of carbonyl (C=O) groups excluding carboxylic acids is 1. The largest absolute Gasteiger partial charge is 0.416 e. The molecule has 1 aromatic carbocycles. The Morgan fingerprint density at radius 2 is 2.00 bits per heavy atom. The van der Waals surface area contributed by atoms with Crippen molar-refractivity contribution in [3.8, 4) is 0 Å². The second kappa shape index (κ2) is 7.93. The van der Waals surface area contributed by atoms with E-state index in [4.69, 9.17) is 4.52 Å². The van der Waals surface area contributed by atoms with Crippen molar-refractivity contribution in [3.63, 3.8) is 0 Å². The first-order valence-electron chi connectivity index (χ1n) is 8.53. The second-order valence-electron chi connectivity index (χ2n) is 6.28. The molecule has 4 nitrogen and oxygen atoms in total. The molecule has 0 aliphatic rings. The summed E-state index contributed by atoms with van der Waals surface area (Å²) in [5.41, 5.74) is 1.42. The van der Waals surface area contributed by atoms with Gasteiger partial charge in [0.25, 0.3) is 0 Å². The van der Waals surface area contributed by atoms with Gasteiger partial charge in [-0.2, -0.15) is 13.2 Å². The standard InChI is InChI=1S/C19H23F3N2O2/c1-5-24(18(25)10-9-17-12(2)23-26-14(17)4)13(3)15-7-6-8-16(11-15)19(20,21)22/h6-8,11,13H,5,9-10H2,1-4H3. The number of amides is 1. The molecule has 2 aromatic rings. The van der Waals surface area contributed by atoms with Crippen LogP contribution >= 0.6 is 0 Å². The van der Waals surface area contributed by atoms with Crippen LogP contribution in [0, 0.1) is 13.8 Å². The molecule has 0 bridgehead atoms. The maximum Gasteiger partial charge on any atom is 0.416 e. The first kappa shape index (κ1) is 20.0. The average molecular weight is 368 g/mol. The van der Waals surface area contributed by atoms with Gasteiger partial charge in [-0.15, -0.1) is 0 Å². The van der Waals surface area contributed by atoms with Crippen LogP contribution in [0.15, 0.2) is 28.8 Å². The van der Waals surface area contributed by atoms with Crippen LogP contribution in [0.25, 0.3) is 0 Å². The lowest BCUT2D eigenvalue weighted by molar-refractivity contribution is -0.137. The van der Waals surface area contributed by atoms with Crippen molar-refractivity contribution in [3.05, 3.63) is 52.4 Å². The molecule has 0 saturated heterocycles. The lowest BCUT2D eigenvalue weighted by Crippen LogP contribution is -2.33. The van der Waals surface area contributed by atoms with Crippen LogP contribution in [-0.4, -0.2) is 22.5 Å². The van der Waals surface area contributed by atoms with Gasteiger partial charge in [0.15, 0.2) is 0 Å². The van der Waals surface area contributed by atoms with Crippen molar-refractivity contribution in [2.24, 2.45) is 0 Å². The van der Waals surface area contributed by atoms with Gasteiger partial charge in [-0.1, -0.05) is 17.3 Å². The number of hydrogen-bond acceptors (Lipinski definition) is 3. The van der Waals surface area contributed by atoms with E-state index in [1.54, 1.807) is 24.8 Å². The Morgan fingerprint density at radius 3 is 2.54 bits per heavy atom. The molecule has 1 unspecified atom stereocenters. The normalized spacial score (nSPS) is 12.9. The third-order valence-corrected chi connectivity index (χ3v) is 4.59. The van der Waals surface area contributed by atoms with Crippen LogP contribution in [-0.2, 0) is 17.4 Å². The Balaban J connectivity index is 2.13. The monoisotopic (exact) mass is 368 g/mol. The van der Waals surface area contributed by atoms with E-state index in [2.05, 4.69) is 5.16 Å². The number of nitrogens with zero attached hydrogens (tertiary/aromatic N) is 2. The van der Waals surface area contributed by atoms with Crippen molar-refractivity contribution >= 4 is 5.91 Å². The first-order valence-corrected chi connectivity index (χ1v) is 8.53. The van der Waals surface area contributed by atoms with Crippen LogP contribution in [0.3, 0.4) is 0 Å². The van der Waals surface area contributed by atoms with Crippen LogP contribution in [0.2, 0.25) is 0 Å². The van der Waals surface area contributed by atoms with Gasteiger partial charge in [0.2, 0.25) is 5.91 Å². The maximum absolute atomic E-state index is 12.9.